The molecule has 0 amide bonds. The molecule has 0 unspecified atom stereocenters. The molecule has 0 aromatic heterocycles. The molecule has 0 aliphatic heterocycles. The first-order valence-corrected chi connectivity index (χ1v) is 13.0. The fourth-order valence-electron chi connectivity index (χ4n) is 3.60. The Morgan fingerprint density at radius 2 is 1.20 bits per heavy atom. The molecular weight excluding hydrogens is 490 g/mol. The zero-order valence-electron chi connectivity index (χ0n) is 18.0. The van der Waals surface area contributed by atoms with Crippen LogP contribution in [0.2, 0.25) is 0 Å². The van der Waals surface area contributed by atoms with Gasteiger partial charge in [-0.15, -0.1) is 0 Å². The Labute approximate surface area is 201 Å². The van der Waals surface area contributed by atoms with Gasteiger partial charge in [-0.1, -0.05) is 72.8 Å². The van der Waals surface area contributed by atoms with Crippen LogP contribution in [0, 0.1) is 5.41 Å². The molecule has 4 aromatic rings. The number of nitrogens with one attached hydrogen (secondary N) is 2. The summed E-state index contributed by atoms with van der Waals surface area (Å²) in [6.45, 7) is 0. The summed E-state index contributed by atoms with van der Waals surface area (Å²) in [6, 6.07) is 23.4. The van der Waals surface area contributed by atoms with Crippen LogP contribution < -0.4 is 5.43 Å². The van der Waals surface area contributed by atoms with Gasteiger partial charge in [0, 0.05) is 16.5 Å². The number of rotatable bonds is 7. The van der Waals surface area contributed by atoms with Crippen molar-refractivity contribution in [3.8, 4) is 0 Å². The van der Waals surface area contributed by atoms with Crippen LogP contribution in [-0.2, 0) is 20.2 Å². The number of hydrogen-bond acceptors (Lipinski definition) is 7. The van der Waals surface area contributed by atoms with Crippen LogP contribution in [-0.4, -0.2) is 37.4 Å². The molecule has 4 N–H and O–H groups in total. The minimum absolute atomic E-state index is 0.141. The maximum atomic E-state index is 12.1. The van der Waals surface area contributed by atoms with E-state index in [0.717, 1.165) is 22.9 Å². The predicted molar refractivity (Wildman–Crippen MR) is 133 cm³/mol. The van der Waals surface area contributed by atoms with Crippen molar-refractivity contribution < 1.29 is 25.9 Å². The summed E-state index contributed by atoms with van der Waals surface area (Å²) in [5, 5.41) is 14.7. The fourth-order valence-corrected chi connectivity index (χ4v) is 4.99. The van der Waals surface area contributed by atoms with Crippen LogP contribution in [0.1, 0.15) is 11.1 Å². The van der Waals surface area contributed by atoms with E-state index in [2.05, 4.69) is 10.5 Å². The van der Waals surface area contributed by atoms with Gasteiger partial charge in [0.25, 0.3) is 20.2 Å². The summed E-state index contributed by atoms with van der Waals surface area (Å²) >= 11 is 0. The highest BCUT2D eigenvalue weighted by Crippen LogP contribution is 2.25. The zero-order valence-corrected chi connectivity index (χ0v) is 19.6. The average molecular weight is 510 g/mol. The van der Waals surface area contributed by atoms with E-state index in [4.69, 9.17) is 5.41 Å². The third kappa shape index (κ3) is 5.12. The van der Waals surface area contributed by atoms with Gasteiger partial charge >= 0.3 is 0 Å². The van der Waals surface area contributed by atoms with Crippen molar-refractivity contribution >= 4 is 48.1 Å². The highest BCUT2D eigenvalue weighted by molar-refractivity contribution is 7.86. The molecule has 178 valence electrons. The highest BCUT2D eigenvalue weighted by atomic mass is 32.2. The summed E-state index contributed by atoms with van der Waals surface area (Å²) in [4.78, 5) is -1.07. The van der Waals surface area contributed by atoms with E-state index in [1.165, 1.54) is 36.4 Å². The Balaban J connectivity index is 1.94. The lowest BCUT2D eigenvalue weighted by molar-refractivity contribution is 0.480. The van der Waals surface area contributed by atoms with E-state index >= 15 is 0 Å². The van der Waals surface area contributed by atoms with Gasteiger partial charge in [0.1, 0.15) is 15.5 Å². The zero-order chi connectivity index (χ0) is 25.2. The van der Waals surface area contributed by atoms with Crippen molar-refractivity contribution in [1.82, 2.24) is 0 Å². The van der Waals surface area contributed by atoms with Crippen LogP contribution in [0.4, 0.5) is 5.69 Å². The van der Waals surface area contributed by atoms with E-state index in [0.29, 0.717) is 5.69 Å². The molecule has 0 saturated heterocycles. The molecule has 0 saturated carbocycles. The number of hydrazone groups is 1. The molecule has 9 nitrogen and oxygen atoms in total. The largest absolute Gasteiger partial charge is 0.298 e. The van der Waals surface area contributed by atoms with Crippen molar-refractivity contribution in [2.75, 3.05) is 5.43 Å². The van der Waals surface area contributed by atoms with Gasteiger partial charge in [-0.2, -0.15) is 21.9 Å². The molecule has 0 aliphatic rings. The third-order valence-corrected chi connectivity index (χ3v) is 6.99. The van der Waals surface area contributed by atoms with Crippen molar-refractivity contribution in [2.45, 2.75) is 9.79 Å². The molecule has 0 aliphatic carbocycles. The first kappa shape index (κ1) is 24.2. The standard InChI is InChI=1S/C24H19N3O6S2/c25-23(18-11-3-5-14-21(18)34(28,29)30)24(19-12-4-6-15-22(19)35(31,32)33)27-26-20-13-7-9-16-8-1-2-10-17(16)20/h1-15,25-26H,(H,28,29,30)(H,31,32,33). The fraction of sp³-hybridized carbons (Fsp3) is 0. The smallest absolute Gasteiger partial charge is 0.295 e. The molecule has 11 heteroatoms. The molecule has 4 rings (SSSR count). The van der Waals surface area contributed by atoms with Gasteiger partial charge in [0.05, 0.1) is 11.4 Å². The third-order valence-electron chi connectivity index (χ3n) is 5.17. The lowest BCUT2D eigenvalue weighted by Gasteiger charge is -2.15. The van der Waals surface area contributed by atoms with Crippen LogP contribution in [0.3, 0.4) is 0 Å². The predicted octanol–water partition coefficient (Wildman–Crippen LogP) is 4.22. The molecular formula is C24H19N3O6S2. The lowest BCUT2D eigenvalue weighted by atomic mass is 10.00. The van der Waals surface area contributed by atoms with Crippen molar-refractivity contribution in [3.05, 3.63) is 102 Å². The normalized spacial score (nSPS) is 12.5. The number of benzene rings is 4. The van der Waals surface area contributed by atoms with Gasteiger partial charge < -0.3 is 0 Å². The van der Waals surface area contributed by atoms with E-state index < -0.39 is 35.7 Å². The van der Waals surface area contributed by atoms with Gasteiger partial charge in [-0.3, -0.25) is 19.9 Å². The van der Waals surface area contributed by atoms with E-state index in [9.17, 15) is 25.9 Å². The molecule has 0 bridgehead atoms. The summed E-state index contributed by atoms with van der Waals surface area (Å²) in [6.07, 6.45) is 0. The molecule has 0 radical (unpaired) electrons. The SMILES string of the molecule is N=C(C(=NNc1cccc2ccccc12)c1ccccc1S(=O)(=O)O)c1ccccc1S(=O)(=O)O. The number of fused-ring (bicyclic) bond motifs is 1. The highest BCUT2D eigenvalue weighted by Gasteiger charge is 2.26. The molecule has 0 atom stereocenters. The van der Waals surface area contributed by atoms with Crippen LogP contribution >= 0.6 is 0 Å². The molecule has 0 fully saturated rings. The van der Waals surface area contributed by atoms with Gasteiger partial charge in [0.2, 0.25) is 0 Å². The molecule has 35 heavy (non-hydrogen) atoms. The minimum Gasteiger partial charge on any atom is -0.298 e. The topological polar surface area (TPSA) is 157 Å². The minimum atomic E-state index is -4.72. The van der Waals surface area contributed by atoms with Crippen molar-refractivity contribution in [1.29, 1.82) is 5.41 Å². The lowest BCUT2D eigenvalue weighted by Crippen LogP contribution is -2.22. The second kappa shape index (κ2) is 9.39. The second-order valence-electron chi connectivity index (χ2n) is 7.42. The maximum absolute atomic E-state index is 12.1. The van der Waals surface area contributed by atoms with E-state index in [-0.39, 0.29) is 16.8 Å². The summed E-state index contributed by atoms with van der Waals surface area (Å²) in [5.41, 5.74) is 2.25. The Morgan fingerprint density at radius 1 is 0.686 bits per heavy atom. The van der Waals surface area contributed by atoms with E-state index in [1.807, 2.05) is 30.3 Å². The summed E-state index contributed by atoms with van der Waals surface area (Å²) in [7, 11) is -9.44. The Kier molecular flexibility index (Phi) is 6.50. The number of hydrogen-bond donors (Lipinski definition) is 4. The first-order valence-electron chi connectivity index (χ1n) is 10.1. The summed E-state index contributed by atoms with van der Waals surface area (Å²) in [5.74, 6) is 0. The first-order chi connectivity index (χ1) is 16.6. The van der Waals surface area contributed by atoms with Crippen molar-refractivity contribution in [3.63, 3.8) is 0 Å². The Bertz CT molecular complexity index is 1690. The van der Waals surface area contributed by atoms with Gasteiger partial charge in [-0.25, -0.2) is 0 Å². The molecule has 0 spiro atoms. The average Bonchev–Trinajstić information content (AvgIpc) is 2.83. The summed E-state index contributed by atoms with van der Waals surface area (Å²) < 4.78 is 67.4. The van der Waals surface area contributed by atoms with Crippen LogP contribution in [0.25, 0.3) is 10.8 Å². The number of nitrogens with zero attached hydrogens (tertiary/aromatic N) is 1. The maximum Gasteiger partial charge on any atom is 0.295 e. The number of anilines is 1. The van der Waals surface area contributed by atoms with Crippen LogP contribution in [0.15, 0.2) is 106 Å². The van der Waals surface area contributed by atoms with Gasteiger partial charge in [0.15, 0.2) is 0 Å². The second-order valence-corrected chi connectivity index (χ2v) is 10.2. The molecule has 0 heterocycles. The Hall–Kier alpha value is -3.90. The quantitative estimate of drug-likeness (QED) is 0.165. The van der Waals surface area contributed by atoms with Gasteiger partial charge in [-0.05, 0) is 23.6 Å². The monoisotopic (exact) mass is 509 g/mol. The van der Waals surface area contributed by atoms with E-state index in [1.54, 1.807) is 12.1 Å². The van der Waals surface area contributed by atoms with Crippen molar-refractivity contribution in [2.24, 2.45) is 5.10 Å². The molecule has 4 aromatic carbocycles. The Morgan fingerprint density at radius 3 is 1.86 bits per heavy atom. The van der Waals surface area contributed by atoms with Crippen LogP contribution in [0.5, 0.6) is 0 Å².